The lowest BCUT2D eigenvalue weighted by molar-refractivity contribution is -0.137. The van der Waals surface area contributed by atoms with Crippen molar-refractivity contribution >= 4 is 5.78 Å². The smallest absolute Gasteiger partial charge is 0.136 e. The Balaban J connectivity index is 2.41. The van der Waals surface area contributed by atoms with E-state index in [1.165, 1.54) is 5.57 Å². The van der Waals surface area contributed by atoms with Gasteiger partial charge in [-0.3, -0.25) is 4.79 Å². The van der Waals surface area contributed by atoms with Crippen molar-refractivity contribution in [2.24, 2.45) is 5.41 Å². The van der Waals surface area contributed by atoms with Crippen LogP contribution in [0.1, 0.15) is 47.0 Å². The molecule has 0 aromatic heterocycles. The monoisotopic (exact) mass is 208 g/mol. The Kier molecular flexibility index (Phi) is 2.30. The molecule has 1 aliphatic carbocycles. The molecule has 0 bridgehead atoms. The number of ether oxygens (including phenoxy) is 1. The lowest BCUT2D eigenvalue weighted by atomic mass is 9.64. The fraction of sp³-hybridized carbons (Fsp3) is 0.769. The van der Waals surface area contributed by atoms with Gasteiger partial charge in [0, 0.05) is 12.8 Å². The van der Waals surface area contributed by atoms with Gasteiger partial charge in [0.25, 0.3) is 0 Å². The topological polar surface area (TPSA) is 26.3 Å². The van der Waals surface area contributed by atoms with Crippen molar-refractivity contribution in [3.63, 3.8) is 0 Å². The van der Waals surface area contributed by atoms with Crippen LogP contribution >= 0.6 is 0 Å². The third kappa shape index (κ3) is 1.76. The average Bonchev–Trinajstić information content (AvgIpc) is 1.97. The fourth-order valence-corrected chi connectivity index (χ4v) is 3.21. The highest BCUT2D eigenvalue weighted by Crippen LogP contribution is 2.48. The molecular formula is C13H20O2. The Morgan fingerprint density at radius 1 is 1.33 bits per heavy atom. The normalized spacial score (nSPS) is 39.6. The summed E-state index contributed by atoms with van der Waals surface area (Å²) >= 11 is 0. The first-order valence-electron chi connectivity index (χ1n) is 5.74. The molecular weight excluding hydrogens is 188 g/mol. The molecule has 0 N–H and O–H groups in total. The molecule has 0 aromatic carbocycles. The van der Waals surface area contributed by atoms with E-state index < -0.39 is 0 Å². The SMILES string of the molecule is C[C@H]1CC=C2C(C)(C)CC(=O)C[C@]2(C)O1. The molecule has 0 saturated heterocycles. The number of carbonyl (C=O) groups excluding carboxylic acids is 1. The zero-order chi connectivity index (χ0) is 11.3. The predicted molar refractivity (Wildman–Crippen MR) is 59.7 cm³/mol. The van der Waals surface area contributed by atoms with Crippen molar-refractivity contribution in [3.05, 3.63) is 11.6 Å². The van der Waals surface area contributed by atoms with E-state index in [1.54, 1.807) is 0 Å². The van der Waals surface area contributed by atoms with Crippen molar-refractivity contribution in [3.8, 4) is 0 Å². The molecule has 2 nitrogen and oxygen atoms in total. The molecule has 15 heavy (non-hydrogen) atoms. The third-order valence-electron chi connectivity index (χ3n) is 3.59. The number of hydrogen-bond acceptors (Lipinski definition) is 2. The molecule has 0 radical (unpaired) electrons. The maximum atomic E-state index is 11.7. The first-order chi connectivity index (χ1) is 6.83. The second kappa shape index (κ2) is 3.18. The molecule has 1 saturated carbocycles. The summed E-state index contributed by atoms with van der Waals surface area (Å²) < 4.78 is 5.99. The average molecular weight is 208 g/mol. The van der Waals surface area contributed by atoms with Crippen LogP contribution in [0, 0.1) is 5.41 Å². The molecule has 2 rings (SSSR count). The van der Waals surface area contributed by atoms with Gasteiger partial charge in [-0.2, -0.15) is 0 Å². The molecule has 0 spiro atoms. The lowest BCUT2D eigenvalue weighted by Crippen LogP contribution is -2.49. The first kappa shape index (κ1) is 10.9. The second-order valence-corrected chi connectivity index (χ2v) is 5.79. The summed E-state index contributed by atoms with van der Waals surface area (Å²) in [7, 11) is 0. The Labute approximate surface area is 91.7 Å². The van der Waals surface area contributed by atoms with Gasteiger partial charge in [-0.25, -0.2) is 0 Å². The number of hydrogen-bond donors (Lipinski definition) is 0. The van der Waals surface area contributed by atoms with Crippen LogP contribution in [0.3, 0.4) is 0 Å². The van der Waals surface area contributed by atoms with Gasteiger partial charge < -0.3 is 4.74 Å². The first-order valence-corrected chi connectivity index (χ1v) is 5.74. The minimum Gasteiger partial charge on any atom is -0.367 e. The van der Waals surface area contributed by atoms with Gasteiger partial charge in [0.15, 0.2) is 0 Å². The van der Waals surface area contributed by atoms with Gasteiger partial charge in [-0.05, 0) is 31.3 Å². The molecule has 2 aliphatic rings. The van der Waals surface area contributed by atoms with Crippen molar-refractivity contribution in [1.29, 1.82) is 0 Å². The molecule has 2 heteroatoms. The van der Waals surface area contributed by atoms with Crippen LogP contribution in [0.5, 0.6) is 0 Å². The van der Waals surface area contributed by atoms with E-state index in [2.05, 4.69) is 33.8 Å². The molecule has 0 amide bonds. The Morgan fingerprint density at radius 2 is 2.00 bits per heavy atom. The zero-order valence-electron chi connectivity index (χ0n) is 10.1. The summed E-state index contributed by atoms with van der Waals surface area (Å²) in [5.41, 5.74) is 0.966. The Hall–Kier alpha value is -0.630. The van der Waals surface area contributed by atoms with E-state index in [-0.39, 0.29) is 17.1 Å². The zero-order valence-corrected chi connectivity index (χ0v) is 10.1. The van der Waals surface area contributed by atoms with Crippen LogP contribution in [0.15, 0.2) is 11.6 Å². The standard InChI is InChI=1S/C13H20O2/c1-9-5-6-11-12(2,3)7-10(14)8-13(11,4)15-9/h6,9H,5,7-8H2,1-4H3/t9-,13-/m0/s1. The van der Waals surface area contributed by atoms with E-state index in [9.17, 15) is 4.79 Å². The van der Waals surface area contributed by atoms with E-state index >= 15 is 0 Å². The van der Waals surface area contributed by atoms with E-state index in [1.807, 2.05) is 0 Å². The summed E-state index contributed by atoms with van der Waals surface area (Å²) in [5.74, 6) is 0.328. The van der Waals surface area contributed by atoms with Crippen molar-refractivity contribution in [1.82, 2.24) is 0 Å². The summed E-state index contributed by atoms with van der Waals surface area (Å²) in [6, 6.07) is 0. The van der Waals surface area contributed by atoms with Crippen LogP contribution in [0.4, 0.5) is 0 Å². The highest BCUT2D eigenvalue weighted by Gasteiger charge is 2.47. The molecule has 0 unspecified atom stereocenters. The predicted octanol–water partition coefficient (Wildman–Crippen LogP) is 2.87. The maximum absolute atomic E-state index is 11.7. The van der Waals surface area contributed by atoms with E-state index in [4.69, 9.17) is 4.74 Å². The van der Waals surface area contributed by atoms with Gasteiger partial charge >= 0.3 is 0 Å². The summed E-state index contributed by atoms with van der Waals surface area (Å²) in [5, 5.41) is 0. The van der Waals surface area contributed by atoms with Crippen molar-refractivity contribution in [2.75, 3.05) is 0 Å². The van der Waals surface area contributed by atoms with E-state index in [0.29, 0.717) is 18.6 Å². The van der Waals surface area contributed by atoms with Gasteiger partial charge in [0.2, 0.25) is 0 Å². The lowest BCUT2D eigenvalue weighted by Gasteiger charge is -2.48. The summed E-state index contributed by atoms with van der Waals surface area (Å²) in [6.07, 6.45) is 4.71. The molecule has 1 fully saturated rings. The second-order valence-electron chi connectivity index (χ2n) is 5.79. The highest BCUT2D eigenvalue weighted by molar-refractivity contribution is 5.83. The van der Waals surface area contributed by atoms with Gasteiger partial charge in [0.1, 0.15) is 5.78 Å². The molecule has 1 heterocycles. The summed E-state index contributed by atoms with van der Waals surface area (Å²) in [6.45, 7) is 8.43. The minimum atomic E-state index is -0.337. The Morgan fingerprint density at radius 3 is 2.67 bits per heavy atom. The van der Waals surface area contributed by atoms with Crippen LogP contribution in [-0.4, -0.2) is 17.5 Å². The molecule has 84 valence electrons. The van der Waals surface area contributed by atoms with Crippen molar-refractivity contribution < 1.29 is 9.53 Å². The van der Waals surface area contributed by atoms with Crippen molar-refractivity contribution in [2.45, 2.75) is 58.7 Å². The number of rotatable bonds is 0. The Bertz CT molecular complexity index is 327. The highest BCUT2D eigenvalue weighted by atomic mass is 16.5. The number of carbonyl (C=O) groups is 1. The number of ketones is 1. The number of fused-ring (bicyclic) bond motifs is 1. The maximum Gasteiger partial charge on any atom is 0.136 e. The van der Waals surface area contributed by atoms with Crippen LogP contribution < -0.4 is 0 Å². The molecule has 0 aromatic rings. The van der Waals surface area contributed by atoms with Gasteiger partial charge in [-0.1, -0.05) is 19.9 Å². The van der Waals surface area contributed by atoms with Crippen LogP contribution in [-0.2, 0) is 9.53 Å². The fourth-order valence-electron chi connectivity index (χ4n) is 3.21. The van der Waals surface area contributed by atoms with Gasteiger partial charge in [-0.15, -0.1) is 0 Å². The van der Waals surface area contributed by atoms with Gasteiger partial charge in [0.05, 0.1) is 11.7 Å². The summed E-state index contributed by atoms with van der Waals surface area (Å²) in [4.78, 5) is 11.7. The molecule has 1 aliphatic heterocycles. The largest absolute Gasteiger partial charge is 0.367 e. The quantitative estimate of drug-likeness (QED) is 0.572. The van der Waals surface area contributed by atoms with Crippen LogP contribution in [0.25, 0.3) is 0 Å². The third-order valence-corrected chi connectivity index (χ3v) is 3.59. The van der Waals surface area contributed by atoms with E-state index in [0.717, 1.165) is 6.42 Å². The molecule has 2 atom stereocenters. The van der Waals surface area contributed by atoms with Crippen LogP contribution in [0.2, 0.25) is 0 Å². The minimum absolute atomic E-state index is 0.0236. The number of Topliss-reactive ketones (excluding diaryl/α,β-unsaturated/α-hetero) is 1.